The lowest BCUT2D eigenvalue weighted by molar-refractivity contribution is 1.77. The van der Waals surface area contributed by atoms with Gasteiger partial charge in [-0.3, -0.25) is 0 Å². The fraction of sp³-hybridized carbons (Fsp3) is 0. The summed E-state index contributed by atoms with van der Waals surface area (Å²) < 4.78 is 7.74. The van der Waals surface area contributed by atoms with Gasteiger partial charge in [-0.25, -0.2) is 0 Å². The SMILES string of the molecule is Brc1ccc2sc3c(ccc4sc5ccc(Br)cc5c43)c2c1. The normalized spacial score (nSPS) is 12.1. The van der Waals surface area contributed by atoms with Gasteiger partial charge in [0, 0.05) is 49.3 Å². The molecule has 0 atom stereocenters. The van der Waals surface area contributed by atoms with Gasteiger partial charge in [0.15, 0.2) is 0 Å². The minimum Gasteiger partial charge on any atom is -0.135 e. The van der Waals surface area contributed by atoms with Crippen LogP contribution in [0.2, 0.25) is 0 Å². The van der Waals surface area contributed by atoms with Crippen LogP contribution in [0.25, 0.3) is 40.3 Å². The van der Waals surface area contributed by atoms with Crippen molar-refractivity contribution < 1.29 is 0 Å². The standard InChI is InChI=1S/C18H8Br2S2/c19-9-1-4-14-12(7-9)11-3-6-16-17(18(11)22-14)13-8-10(20)2-5-15(13)21-16/h1-8H. The molecular weight excluding hydrogens is 440 g/mol. The quantitative estimate of drug-likeness (QED) is 0.226. The zero-order valence-corrected chi connectivity index (χ0v) is 16.0. The third-order valence-electron chi connectivity index (χ3n) is 3.99. The number of hydrogen-bond donors (Lipinski definition) is 0. The van der Waals surface area contributed by atoms with Gasteiger partial charge in [0.25, 0.3) is 0 Å². The van der Waals surface area contributed by atoms with Crippen LogP contribution in [0, 0.1) is 0 Å². The number of halogens is 2. The molecule has 2 aromatic heterocycles. The second-order valence-corrected chi connectivity index (χ2v) is 9.27. The number of rotatable bonds is 0. The summed E-state index contributed by atoms with van der Waals surface area (Å²) in [5, 5.41) is 5.45. The average Bonchev–Trinajstić information content (AvgIpc) is 3.04. The maximum atomic E-state index is 3.61. The molecule has 0 saturated carbocycles. The van der Waals surface area contributed by atoms with Crippen molar-refractivity contribution in [3.63, 3.8) is 0 Å². The number of hydrogen-bond acceptors (Lipinski definition) is 2. The molecule has 0 aliphatic rings. The molecule has 4 heteroatoms. The smallest absolute Gasteiger partial charge is 0.0448 e. The Hall–Kier alpha value is -0.940. The van der Waals surface area contributed by atoms with Gasteiger partial charge in [0.05, 0.1) is 0 Å². The lowest BCUT2D eigenvalue weighted by atomic mass is 10.1. The zero-order chi connectivity index (χ0) is 14.8. The third kappa shape index (κ3) is 1.84. The Morgan fingerprint density at radius 2 is 1.23 bits per heavy atom. The van der Waals surface area contributed by atoms with Crippen molar-refractivity contribution in [2.45, 2.75) is 0 Å². The summed E-state index contributed by atoms with van der Waals surface area (Å²) in [5.41, 5.74) is 0. The molecule has 22 heavy (non-hydrogen) atoms. The van der Waals surface area contributed by atoms with Crippen LogP contribution < -0.4 is 0 Å². The van der Waals surface area contributed by atoms with Crippen molar-refractivity contribution in [3.05, 3.63) is 57.5 Å². The Bertz CT molecular complexity index is 1200. The topological polar surface area (TPSA) is 0 Å². The molecule has 5 aromatic rings. The summed E-state index contributed by atoms with van der Waals surface area (Å²) in [7, 11) is 0. The predicted octanol–water partition coefficient (Wildman–Crippen LogP) is 7.95. The second-order valence-electron chi connectivity index (χ2n) is 5.30. The van der Waals surface area contributed by atoms with E-state index in [1.807, 2.05) is 22.7 Å². The van der Waals surface area contributed by atoms with E-state index in [0.29, 0.717) is 0 Å². The molecule has 0 amide bonds. The molecule has 0 fully saturated rings. The molecule has 3 aromatic carbocycles. The van der Waals surface area contributed by atoms with Gasteiger partial charge in [0.2, 0.25) is 0 Å². The number of thiophene rings is 2. The molecule has 0 aliphatic carbocycles. The van der Waals surface area contributed by atoms with Crippen molar-refractivity contribution in [3.8, 4) is 0 Å². The van der Waals surface area contributed by atoms with Crippen LogP contribution in [-0.4, -0.2) is 0 Å². The fourth-order valence-corrected chi connectivity index (χ4v) is 6.17. The van der Waals surface area contributed by atoms with Crippen molar-refractivity contribution in [1.82, 2.24) is 0 Å². The van der Waals surface area contributed by atoms with E-state index in [1.165, 1.54) is 40.3 Å². The first-order chi connectivity index (χ1) is 10.7. The van der Waals surface area contributed by atoms with Crippen molar-refractivity contribution >= 4 is 94.9 Å². The van der Waals surface area contributed by atoms with Gasteiger partial charge in [-0.2, -0.15) is 0 Å². The third-order valence-corrected chi connectivity index (χ3v) is 7.32. The highest BCUT2D eigenvalue weighted by Gasteiger charge is 2.13. The van der Waals surface area contributed by atoms with Crippen LogP contribution in [0.1, 0.15) is 0 Å². The van der Waals surface area contributed by atoms with Crippen LogP contribution >= 0.6 is 54.5 Å². The Labute approximate surface area is 151 Å². The first kappa shape index (κ1) is 13.5. The van der Waals surface area contributed by atoms with Crippen molar-refractivity contribution in [1.29, 1.82) is 0 Å². The van der Waals surface area contributed by atoms with Gasteiger partial charge >= 0.3 is 0 Å². The van der Waals surface area contributed by atoms with E-state index in [4.69, 9.17) is 0 Å². The minimum atomic E-state index is 1.14. The van der Waals surface area contributed by atoms with Gasteiger partial charge in [0.1, 0.15) is 0 Å². The Morgan fingerprint density at radius 1 is 0.591 bits per heavy atom. The van der Waals surface area contributed by atoms with Crippen LogP contribution in [0.5, 0.6) is 0 Å². The second kappa shape index (κ2) is 4.78. The fourth-order valence-electron chi connectivity index (χ4n) is 3.04. The first-order valence-corrected chi connectivity index (χ1v) is 10.1. The summed E-state index contributed by atoms with van der Waals surface area (Å²) >= 11 is 11.0. The van der Waals surface area contributed by atoms with Crippen molar-refractivity contribution in [2.75, 3.05) is 0 Å². The van der Waals surface area contributed by atoms with E-state index in [9.17, 15) is 0 Å². The van der Waals surface area contributed by atoms with Gasteiger partial charge < -0.3 is 0 Å². The van der Waals surface area contributed by atoms with E-state index in [1.54, 1.807) is 0 Å². The lowest BCUT2D eigenvalue weighted by Gasteiger charge is -1.96. The largest absolute Gasteiger partial charge is 0.135 e. The Balaban J connectivity index is 2.08. The molecule has 5 rings (SSSR count). The van der Waals surface area contributed by atoms with Gasteiger partial charge in [-0.15, -0.1) is 22.7 Å². The molecule has 0 saturated heterocycles. The van der Waals surface area contributed by atoms with Gasteiger partial charge in [-0.1, -0.05) is 37.9 Å². The monoisotopic (exact) mass is 446 g/mol. The molecule has 106 valence electrons. The Morgan fingerprint density at radius 3 is 2.00 bits per heavy atom. The van der Waals surface area contributed by atoms with E-state index < -0.39 is 0 Å². The Kier molecular flexibility index (Phi) is 2.93. The van der Waals surface area contributed by atoms with Gasteiger partial charge in [-0.05, 0) is 42.5 Å². The highest BCUT2D eigenvalue weighted by atomic mass is 79.9. The highest BCUT2D eigenvalue weighted by molar-refractivity contribution is 9.10. The van der Waals surface area contributed by atoms with Crippen LogP contribution in [0.4, 0.5) is 0 Å². The molecule has 0 N–H and O–H groups in total. The van der Waals surface area contributed by atoms with E-state index in [0.717, 1.165) is 8.95 Å². The molecule has 0 radical (unpaired) electrons. The zero-order valence-electron chi connectivity index (χ0n) is 11.2. The van der Waals surface area contributed by atoms with Crippen molar-refractivity contribution in [2.24, 2.45) is 0 Å². The summed E-state index contributed by atoms with van der Waals surface area (Å²) in [6, 6.07) is 17.7. The number of fused-ring (bicyclic) bond motifs is 7. The predicted molar refractivity (Wildman–Crippen MR) is 108 cm³/mol. The molecule has 2 heterocycles. The molecule has 0 aliphatic heterocycles. The van der Waals surface area contributed by atoms with E-state index in [-0.39, 0.29) is 0 Å². The first-order valence-electron chi connectivity index (χ1n) is 6.83. The number of benzene rings is 3. The highest BCUT2D eigenvalue weighted by Crippen LogP contribution is 2.45. The summed E-state index contributed by atoms with van der Waals surface area (Å²) in [6.07, 6.45) is 0. The minimum absolute atomic E-state index is 1.14. The molecule has 0 nitrogen and oxygen atoms in total. The van der Waals surface area contributed by atoms with Crippen LogP contribution in [0.15, 0.2) is 57.5 Å². The molecule has 0 spiro atoms. The van der Waals surface area contributed by atoms with Crippen LogP contribution in [-0.2, 0) is 0 Å². The van der Waals surface area contributed by atoms with E-state index in [2.05, 4.69) is 80.4 Å². The summed E-state index contributed by atoms with van der Waals surface area (Å²) in [5.74, 6) is 0. The van der Waals surface area contributed by atoms with E-state index >= 15 is 0 Å². The summed E-state index contributed by atoms with van der Waals surface area (Å²) in [4.78, 5) is 0. The average molecular weight is 448 g/mol. The molecule has 0 bridgehead atoms. The molecular formula is C18H8Br2S2. The van der Waals surface area contributed by atoms with Crippen LogP contribution in [0.3, 0.4) is 0 Å². The maximum absolute atomic E-state index is 3.61. The lowest BCUT2D eigenvalue weighted by Crippen LogP contribution is -1.70. The summed E-state index contributed by atoms with van der Waals surface area (Å²) in [6.45, 7) is 0. The maximum Gasteiger partial charge on any atom is 0.0448 e. The molecule has 0 unspecified atom stereocenters.